The van der Waals surface area contributed by atoms with Gasteiger partial charge in [-0.2, -0.15) is 4.37 Å². The maximum atomic E-state index is 14.6. The van der Waals surface area contributed by atoms with Crippen molar-refractivity contribution in [3.05, 3.63) is 58.8 Å². The molecular formula is C25H28FN7O2S. The number of benzene rings is 1. The molecule has 3 heterocycles. The molecule has 2 fully saturated rings. The molecule has 3 aromatic rings. The van der Waals surface area contributed by atoms with Gasteiger partial charge in [-0.1, -0.05) is 6.07 Å². The Kier molecular flexibility index (Phi) is 6.57. The summed E-state index contributed by atoms with van der Waals surface area (Å²) in [7, 11) is 0. The van der Waals surface area contributed by atoms with Crippen molar-refractivity contribution in [2.24, 2.45) is 5.73 Å². The Morgan fingerprint density at radius 2 is 2.00 bits per heavy atom. The Bertz CT molecular complexity index is 1310. The van der Waals surface area contributed by atoms with Crippen LogP contribution in [0.5, 0.6) is 0 Å². The number of primary amides is 1. The van der Waals surface area contributed by atoms with E-state index in [9.17, 15) is 14.0 Å². The summed E-state index contributed by atoms with van der Waals surface area (Å²) in [6.07, 6.45) is 5.21. The van der Waals surface area contributed by atoms with Gasteiger partial charge in [-0.05, 0) is 80.7 Å². The van der Waals surface area contributed by atoms with Gasteiger partial charge in [0.05, 0.1) is 17.5 Å². The molecular weight excluding hydrogens is 481 g/mol. The highest BCUT2D eigenvalue weighted by Crippen LogP contribution is 2.40. The molecule has 0 radical (unpaired) electrons. The van der Waals surface area contributed by atoms with E-state index in [2.05, 4.69) is 31.9 Å². The standard InChI is InChI=1S/C25H28FN7O2S/c1-13-9-21(36-32-13)31-24-22(23(27)34)28-11-20(30-24)33-12-17(7-3-14(33)2)29-25(35)18-8-6-16(10-19(18)26)15-4-5-15/h6,8-11,14-15,17H,3-5,7,12H2,1-2H3,(H2,27,34)(H,29,35)(H,30,31)/t14-,17-/m1/s1. The van der Waals surface area contributed by atoms with Crippen molar-refractivity contribution in [2.45, 2.75) is 57.5 Å². The van der Waals surface area contributed by atoms with Gasteiger partial charge in [0, 0.05) is 18.6 Å². The van der Waals surface area contributed by atoms with Gasteiger partial charge < -0.3 is 21.3 Å². The van der Waals surface area contributed by atoms with Crippen LogP contribution in [0.2, 0.25) is 0 Å². The van der Waals surface area contributed by atoms with E-state index in [1.807, 2.05) is 24.0 Å². The number of anilines is 3. The third kappa shape index (κ3) is 5.15. The monoisotopic (exact) mass is 509 g/mol. The van der Waals surface area contributed by atoms with E-state index in [1.165, 1.54) is 23.8 Å². The molecule has 1 aliphatic carbocycles. The van der Waals surface area contributed by atoms with Crippen LogP contribution in [0.25, 0.3) is 0 Å². The Labute approximate surface area is 212 Å². The van der Waals surface area contributed by atoms with Crippen LogP contribution in [0, 0.1) is 12.7 Å². The molecule has 0 bridgehead atoms. The van der Waals surface area contributed by atoms with Crippen molar-refractivity contribution in [3.63, 3.8) is 0 Å². The number of aromatic nitrogens is 3. The molecule has 1 aliphatic heterocycles. The van der Waals surface area contributed by atoms with Crippen LogP contribution in [0.4, 0.5) is 21.0 Å². The van der Waals surface area contributed by atoms with Crippen LogP contribution >= 0.6 is 11.5 Å². The summed E-state index contributed by atoms with van der Waals surface area (Å²) in [4.78, 5) is 35.8. The molecule has 5 rings (SSSR count). The molecule has 36 heavy (non-hydrogen) atoms. The van der Waals surface area contributed by atoms with E-state index in [1.54, 1.807) is 6.07 Å². The van der Waals surface area contributed by atoms with E-state index >= 15 is 0 Å². The number of aryl methyl sites for hydroxylation is 1. The highest BCUT2D eigenvalue weighted by molar-refractivity contribution is 7.10. The normalized spacial score (nSPS) is 19.7. The molecule has 188 valence electrons. The third-order valence-electron chi connectivity index (χ3n) is 6.66. The molecule has 1 saturated carbocycles. The molecule has 9 nitrogen and oxygen atoms in total. The zero-order valence-corrected chi connectivity index (χ0v) is 20.9. The van der Waals surface area contributed by atoms with Crippen LogP contribution in [0.1, 0.15) is 70.6 Å². The lowest BCUT2D eigenvalue weighted by molar-refractivity contribution is 0.0925. The summed E-state index contributed by atoms with van der Waals surface area (Å²) < 4.78 is 18.9. The number of hydrogen-bond donors (Lipinski definition) is 3. The molecule has 2 atom stereocenters. The van der Waals surface area contributed by atoms with E-state index in [0.29, 0.717) is 23.3 Å². The quantitative estimate of drug-likeness (QED) is 0.441. The fourth-order valence-corrected chi connectivity index (χ4v) is 5.18. The van der Waals surface area contributed by atoms with Crippen molar-refractivity contribution in [1.82, 2.24) is 19.7 Å². The van der Waals surface area contributed by atoms with E-state index in [4.69, 9.17) is 5.73 Å². The Morgan fingerprint density at radius 1 is 1.19 bits per heavy atom. The molecule has 11 heteroatoms. The van der Waals surface area contributed by atoms with Crippen LogP contribution < -0.4 is 21.3 Å². The van der Waals surface area contributed by atoms with Crippen molar-refractivity contribution >= 4 is 40.0 Å². The van der Waals surface area contributed by atoms with Crippen LogP contribution in [-0.2, 0) is 0 Å². The first-order valence-corrected chi connectivity index (χ1v) is 12.8. The summed E-state index contributed by atoms with van der Waals surface area (Å²) in [5, 5.41) is 6.80. The van der Waals surface area contributed by atoms with Crippen molar-refractivity contribution in [3.8, 4) is 0 Å². The second-order valence-corrected chi connectivity index (χ2v) is 10.3. The number of piperidine rings is 1. The zero-order chi connectivity index (χ0) is 25.4. The molecule has 2 aromatic heterocycles. The molecule has 0 unspecified atom stereocenters. The van der Waals surface area contributed by atoms with Gasteiger partial charge in [0.1, 0.15) is 16.6 Å². The molecule has 1 saturated heterocycles. The van der Waals surface area contributed by atoms with E-state index in [0.717, 1.165) is 36.9 Å². The lowest BCUT2D eigenvalue weighted by Crippen LogP contribution is -2.51. The highest BCUT2D eigenvalue weighted by atomic mass is 32.1. The first-order chi connectivity index (χ1) is 17.3. The smallest absolute Gasteiger partial charge is 0.271 e. The molecule has 4 N–H and O–H groups in total. The zero-order valence-electron chi connectivity index (χ0n) is 20.1. The van der Waals surface area contributed by atoms with E-state index < -0.39 is 17.6 Å². The number of amides is 2. The average molecular weight is 510 g/mol. The van der Waals surface area contributed by atoms with Crippen molar-refractivity contribution in [1.29, 1.82) is 0 Å². The number of carbonyl (C=O) groups excluding carboxylic acids is 2. The maximum Gasteiger partial charge on any atom is 0.271 e. The average Bonchev–Trinajstić information content (AvgIpc) is 3.62. The minimum absolute atomic E-state index is 0.0319. The number of nitrogens with one attached hydrogen (secondary N) is 2. The van der Waals surface area contributed by atoms with Crippen molar-refractivity contribution < 1.29 is 14.0 Å². The van der Waals surface area contributed by atoms with Gasteiger partial charge in [0.2, 0.25) is 0 Å². The fourth-order valence-electron chi connectivity index (χ4n) is 4.52. The molecule has 2 amide bonds. The highest BCUT2D eigenvalue weighted by Gasteiger charge is 2.30. The second-order valence-electron chi connectivity index (χ2n) is 9.51. The van der Waals surface area contributed by atoms with E-state index in [-0.39, 0.29) is 29.2 Å². The summed E-state index contributed by atoms with van der Waals surface area (Å²) >= 11 is 1.25. The predicted molar refractivity (Wildman–Crippen MR) is 136 cm³/mol. The number of nitrogens with two attached hydrogens (primary N) is 1. The second kappa shape index (κ2) is 9.81. The van der Waals surface area contributed by atoms with Gasteiger partial charge in [0.15, 0.2) is 11.5 Å². The van der Waals surface area contributed by atoms with Gasteiger partial charge in [-0.15, -0.1) is 0 Å². The van der Waals surface area contributed by atoms with Gasteiger partial charge in [0.25, 0.3) is 11.8 Å². The van der Waals surface area contributed by atoms with Crippen molar-refractivity contribution in [2.75, 3.05) is 16.8 Å². The van der Waals surface area contributed by atoms with Crippen LogP contribution in [-0.4, -0.2) is 44.8 Å². The number of halogens is 1. The van der Waals surface area contributed by atoms with Crippen LogP contribution in [0.15, 0.2) is 30.5 Å². The first-order valence-electron chi connectivity index (χ1n) is 12.0. The fraction of sp³-hybridized carbons (Fsp3) is 0.400. The summed E-state index contributed by atoms with van der Waals surface area (Å²) in [5.74, 6) is -0.377. The summed E-state index contributed by atoms with van der Waals surface area (Å²) in [5.41, 5.74) is 7.40. The lowest BCUT2D eigenvalue weighted by atomic mass is 9.98. The Balaban J connectivity index is 1.33. The Hall–Kier alpha value is -3.60. The topological polar surface area (TPSA) is 126 Å². The molecule has 1 aromatic carbocycles. The SMILES string of the molecule is Cc1cc(Nc2nc(N3C[C@H](NC(=O)c4ccc(C5CC5)cc4F)CC[C@H]3C)cnc2C(N)=O)sn1. The van der Waals surface area contributed by atoms with Gasteiger partial charge >= 0.3 is 0 Å². The predicted octanol–water partition coefficient (Wildman–Crippen LogP) is 3.89. The third-order valence-corrected chi connectivity index (χ3v) is 7.46. The lowest BCUT2D eigenvalue weighted by Gasteiger charge is -2.39. The molecule has 0 spiro atoms. The first kappa shape index (κ1) is 24.1. The van der Waals surface area contributed by atoms with Gasteiger partial charge in [-0.25, -0.2) is 14.4 Å². The van der Waals surface area contributed by atoms with Crippen LogP contribution in [0.3, 0.4) is 0 Å². The summed E-state index contributed by atoms with van der Waals surface area (Å²) in [6, 6.07) is 6.68. The molecule has 2 aliphatic rings. The number of nitrogens with zero attached hydrogens (tertiary/aromatic N) is 4. The summed E-state index contributed by atoms with van der Waals surface area (Å²) in [6.45, 7) is 4.41. The number of rotatable bonds is 7. The van der Waals surface area contributed by atoms with Gasteiger partial charge in [-0.3, -0.25) is 9.59 Å². The largest absolute Gasteiger partial charge is 0.364 e. The minimum atomic E-state index is -0.690. The Morgan fingerprint density at radius 3 is 2.67 bits per heavy atom. The minimum Gasteiger partial charge on any atom is -0.364 e. The number of carbonyl (C=O) groups is 2. The number of hydrogen-bond acceptors (Lipinski definition) is 8. The maximum absolute atomic E-state index is 14.6.